The summed E-state index contributed by atoms with van der Waals surface area (Å²) in [6, 6.07) is 8.33. The van der Waals surface area contributed by atoms with Crippen LogP contribution in [0.4, 0.5) is 11.8 Å². The van der Waals surface area contributed by atoms with Crippen LogP contribution in [0.5, 0.6) is 0 Å². The van der Waals surface area contributed by atoms with Crippen LogP contribution in [-0.4, -0.2) is 42.7 Å². The number of aromatic nitrogens is 2. The van der Waals surface area contributed by atoms with Crippen LogP contribution in [0.25, 0.3) is 10.9 Å². The molecule has 1 heterocycles. The quantitative estimate of drug-likeness (QED) is 0.842. The molecule has 0 spiro atoms. The van der Waals surface area contributed by atoms with Gasteiger partial charge in [-0.1, -0.05) is 12.1 Å². The average molecular weight is 342 g/mol. The van der Waals surface area contributed by atoms with Gasteiger partial charge < -0.3 is 15.0 Å². The van der Waals surface area contributed by atoms with Crippen molar-refractivity contribution in [1.82, 2.24) is 9.97 Å². The highest BCUT2D eigenvalue weighted by Gasteiger charge is 2.27. The summed E-state index contributed by atoms with van der Waals surface area (Å²) in [6.07, 6.45) is 3.56. The van der Waals surface area contributed by atoms with Gasteiger partial charge >= 0.3 is 5.97 Å². The molecule has 0 radical (unpaired) electrons. The van der Waals surface area contributed by atoms with Crippen molar-refractivity contribution in [3.63, 3.8) is 0 Å². The zero-order valence-corrected chi connectivity index (χ0v) is 15.2. The van der Waals surface area contributed by atoms with Gasteiger partial charge in [0.15, 0.2) is 0 Å². The minimum absolute atomic E-state index is 0.0351. The van der Waals surface area contributed by atoms with Gasteiger partial charge in [-0.2, -0.15) is 4.98 Å². The maximum atomic E-state index is 11.9. The topological polar surface area (TPSA) is 67.3 Å². The molecule has 0 unspecified atom stereocenters. The van der Waals surface area contributed by atoms with Gasteiger partial charge in [0, 0.05) is 25.5 Å². The van der Waals surface area contributed by atoms with Crippen molar-refractivity contribution < 1.29 is 9.53 Å². The Hall–Kier alpha value is -2.37. The summed E-state index contributed by atoms with van der Waals surface area (Å²) in [4.78, 5) is 23.2. The third-order valence-corrected chi connectivity index (χ3v) is 4.69. The monoisotopic (exact) mass is 342 g/mol. The van der Waals surface area contributed by atoms with Gasteiger partial charge in [-0.05, 0) is 44.7 Å². The lowest BCUT2D eigenvalue weighted by Gasteiger charge is -2.28. The molecule has 3 rings (SSSR count). The minimum atomic E-state index is -0.0576. The lowest BCUT2D eigenvalue weighted by molar-refractivity contribution is -0.149. The number of ether oxygens (including phenoxy) is 1. The molecular weight excluding hydrogens is 316 g/mol. The molecule has 1 saturated carbocycles. The van der Waals surface area contributed by atoms with Gasteiger partial charge in [-0.15, -0.1) is 0 Å². The summed E-state index contributed by atoms with van der Waals surface area (Å²) < 4.78 is 5.14. The van der Waals surface area contributed by atoms with Crippen LogP contribution in [0.2, 0.25) is 0 Å². The van der Waals surface area contributed by atoms with E-state index in [0.29, 0.717) is 18.6 Å². The predicted molar refractivity (Wildman–Crippen MR) is 99.9 cm³/mol. The number of rotatable bonds is 5. The van der Waals surface area contributed by atoms with Gasteiger partial charge in [0.2, 0.25) is 5.95 Å². The standard InChI is InChI=1S/C19H26N4O2/c1-4-25-18(24)13-9-11-14(12-10-13)20-19-21-16-8-6-5-7-15(16)17(22-19)23(2)3/h5-8,13-14H,4,9-12H2,1-3H3,(H,20,21,22)/t13-,14+. The highest BCUT2D eigenvalue weighted by molar-refractivity contribution is 5.90. The summed E-state index contributed by atoms with van der Waals surface area (Å²) >= 11 is 0. The number of esters is 1. The first kappa shape index (κ1) is 17.5. The van der Waals surface area contributed by atoms with Gasteiger partial charge in [0.05, 0.1) is 18.0 Å². The third kappa shape index (κ3) is 4.00. The third-order valence-electron chi connectivity index (χ3n) is 4.69. The van der Waals surface area contributed by atoms with Crippen LogP contribution in [0.1, 0.15) is 32.6 Å². The SMILES string of the molecule is CCOC(=O)[C@H]1CC[C@@H](Nc2nc(N(C)C)c3ccccc3n2)CC1. The maximum Gasteiger partial charge on any atom is 0.308 e. The number of benzene rings is 1. The molecule has 25 heavy (non-hydrogen) atoms. The number of anilines is 2. The molecule has 6 nitrogen and oxygen atoms in total. The molecule has 6 heteroatoms. The number of nitrogens with zero attached hydrogens (tertiary/aromatic N) is 3. The summed E-state index contributed by atoms with van der Waals surface area (Å²) in [5, 5.41) is 4.50. The maximum absolute atomic E-state index is 11.9. The van der Waals surface area contributed by atoms with Crippen LogP contribution < -0.4 is 10.2 Å². The molecule has 1 fully saturated rings. The van der Waals surface area contributed by atoms with Crippen molar-refractivity contribution in [3.05, 3.63) is 24.3 Å². The number of carbonyl (C=O) groups is 1. The lowest BCUT2D eigenvalue weighted by atomic mass is 9.86. The second-order valence-corrected chi connectivity index (χ2v) is 6.73. The van der Waals surface area contributed by atoms with Crippen molar-refractivity contribution in [2.45, 2.75) is 38.6 Å². The van der Waals surface area contributed by atoms with E-state index < -0.39 is 0 Å². The molecule has 0 amide bonds. The van der Waals surface area contributed by atoms with Crippen molar-refractivity contribution in [3.8, 4) is 0 Å². The van der Waals surface area contributed by atoms with E-state index in [-0.39, 0.29) is 11.9 Å². The molecule has 1 aromatic heterocycles. The first-order valence-corrected chi connectivity index (χ1v) is 8.95. The van der Waals surface area contributed by atoms with Crippen LogP contribution in [-0.2, 0) is 9.53 Å². The fourth-order valence-electron chi connectivity index (χ4n) is 3.38. The summed E-state index contributed by atoms with van der Waals surface area (Å²) in [7, 11) is 3.98. The summed E-state index contributed by atoms with van der Waals surface area (Å²) in [6.45, 7) is 2.31. The smallest absolute Gasteiger partial charge is 0.308 e. The van der Waals surface area contributed by atoms with E-state index in [1.54, 1.807) is 0 Å². The van der Waals surface area contributed by atoms with Crippen LogP contribution >= 0.6 is 0 Å². The Morgan fingerprint density at radius 3 is 2.60 bits per heavy atom. The van der Waals surface area contributed by atoms with E-state index in [1.807, 2.05) is 50.2 Å². The second kappa shape index (κ2) is 7.68. The van der Waals surface area contributed by atoms with Gasteiger partial charge in [0.25, 0.3) is 0 Å². The molecule has 1 aliphatic rings. The molecule has 1 aromatic carbocycles. The van der Waals surface area contributed by atoms with E-state index in [0.717, 1.165) is 42.4 Å². The molecule has 0 aliphatic heterocycles. The van der Waals surface area contributed by atoms with Gasteiger partial charge in [-0.25, -0.2) is 4.98 Å². The zero-order chi connectivity index (χ0) is 17.8. The first-order chi connectivity index (χ1) is 12.1. The normalized spacial score (nSPS) is 20.3. The Labute approximate surface area is 148 Å². The zero-order valence-electron chi connectivity index (χ0n) is 15.2. The number of nitrogens with one attached hydrogen (secondary N) is 1. The van der Waals surface area contributed by atoms with Gasteiger partial charge in [-0.3, -0.25) is 4.79 Å². The van der Waals surface area contributed by atoms with Crippen LogP contribution in [0.3, 0.4) is 0 Å². The fourth-order valence-corrected chi connectivity index (χ4v) is 3.38. The number of hydrogen-bond donors (Lipinski definition) is 1. The largest absolute Gasteiger partial charge is 0.466 e. The molecule has 0 atom stereocenters. The Balaban J connectivity index is 1.71. The Morgan fingerprint density at radius 2 is 1.92 bits per heavy atom. The van der Waals surface area contributed by atoms with Crippen LogP contribution in [0.15, 0.2) is 24.3 Å². The predicted octanol–water partition coefficient (Wildman–Crippen LogP) is 3.23. The Kier molecular flexibility index (Phi) is 5.36. The Bertz CT molecular complexity index is 739. The van der Waals surface area contributed by atoms with Crippen molar-refractivity contribution in [1.29, 1.82) is 0 Å². The molecular formula is C19H26N4O2. The minimum Gasteiger partial charge on any atom is -0.466 e. The molecule has 134 valence electrons. The second-order valence-electron chi connectivity index (χ2n) is 6.73. The highest BCUT2D eigenvalue weighted by atomic mass is 16.5. The van der Waals surface area contributed by atoms with Crippen molar-refractivity contribution in [2.24, 2.45) is 5.92 Å². The van der Waals surface area contributed by atoms with Crippen LogP contribution in [0, 0.1) is 5.92 Å². The van der Waals surface area contributed by atoms with E-state index in [4.69, 9.17) is 9.72 Å². The lowest BCUT2D eigenvalue weighted by Crippen LogP contribution is -2.31. The first-order valence-electron chi connectivity index (χ1n) is 8.95. The van der Waals surface area contributed by atoms with E-state index in [1.165, 1.54) is 0 Å². The molecule has 0 bridgehead atoms. The van der Waals surface area contributed by atoms with Crippen molar-refractivity contribution in [2.75, 3.05) is 30.9 Å². The molecule has 1 N–H and O–H groups in total. The number of para-hydroxylation sites is 1. The molecule has 0 saturated heterocycles. The number of hydrogen-bond acceptors (Lipinski definition) is 6. The molecule has 1 aliphatic carbocycles. The molecule has 2 aromatic rings. The fraction of sp³-hybridized carbons (Fsp3) is 0.526. The number of carbonyl (C=O) groups excluding carboxylic acids is 1. The van der Waals surface area contributed by atoms with E-state index in [9.17, 15) is 4.79 Å². The average Bonchev–Trinajstić information content (AvgIpc) is 2.61. The summed E-state index contributed by atoms with van der Waals surface area (Å²) in [5.74, 6) is 1.54. The number of fused-ring (bicyclic) bond motifs is 1. The van der Waals surface area contributed by atoms with E-state index >= 15 is 0 Å². The summed E-state index contributed by atoms with van der Waals surface area (Å²) in [5.41, 5.74) is 0.934. The Morgan fingerprint density at radius 1 is 1.20 bits per heavy atom. The van der Waals surface area contributed by atoms with E-state index in [2.05, 4.69) is 10.3 Å². The highest BCUT2D eigenvalue weighted by Crippen LogP contribution is 2.29. The van der Waals surface area contributed by atoms with Crippen molar-refractivity contribution >= 4 is 28.6 Å². The van der Waals surface area contributed by atoms with Gasteiger partial charge in [0.1, 0.15) is 5.82 Å².